The van der Waals surface area contributed by atoms with Gasteiger partial charge in [-0.3, -0.25) is 9.59 Å². The molecule has 0 aliphatic rings. The molecule has 0 fully saturated rings. The Labute approximate surface area is 327 Å². The van der Waals surface area contributed by atoms with Crippen LogP contribution in [-0.2, 0) is 28.5 Å². The van der Waals surface area contributed by atoms with Crippen molar-refractivity contribution in [2.24, 2.45) is 0 Å². The average molecular weight is 752 g/mol. The third-order valence-corrected chi connectivity index (χ3v) is 9.44. The summed E-state index contributed by atoms with van der Waals surface area (Å²) in [4.78, 5) is 26.8. The third-order valence-electron chi connectivity index (χ3n) is 9.44. The molecule has 0 atom stereocenters. The first-order chi connectivity index (χ1) is 26.1. The number of rotatable bonds is 42. The van der Waals surface area contributed by atoms with E-state index in [1.54, 1.807) is 0 Å². The highest BCUT2D eigenvalue weighted by atomic mass is 16.7. The van der Waals surface area contributed by atoms with Crippen molar-refractivity contribution in [3.8, 4) is 0 Å². The number of aliphatic hydroxyl groups is 1. The molecule has 53 heavy (non-hydrogen) atoms. The SMILES string of the molecule is CC/C=C\CCCCOC(CCC(=O)OCCCCCCN(CCO)CCCCCCC(=O)OCCCCCCCCCC)OCCCC/C=C\CC. The van der Waals surface area contributed by atoms with Crippen molar-refractivity contribution in [1.29, 1.82) is 0 Å². The molecule has 0 aromatic carbocycles. The van der Waals surface area contributed by atoms with Gasteiger partial charge in [0.05, 0.1) is 26.2 Å². The molecule has 8 nitrogen and oxygen atoms in total. The fourth-order valence-electron chi connectivity index (χ4n) is 6.16. The van der Waals surface area contributed by atoms with Gasteiger partial charge in [-0.05, 0) is 96.6 Å². The number of carbonyl (C=O) groups excluding carboxylic acids is 2. The van der Waals surface area contributed by atoms with E-state index in [0.717, 1.165) is 129 Å². The van der Waals surface area contributed by atoms with Crippen molar-refractivity contribution in [3.05, 3.63) is 24.3 Å². The third kappa shape index (κ3) is 39.8. The van der Waals surface area contributed by atoms with Crippen LogP contribution in [0.3, 0.4) is 0 Å². The lowest BCUT2D eigenvalue weighted by Gasteiger charge is -2.21. The Morgan fingerprint density at radius 3 is 1.47 bits per heavy atom. The van der Waals surface area contributed by atoms with E-state index in [4.69, 9.17) is 18.9 Å². The molecule has 0 aromatic rings. The Morgan fingerprint density at radius 2 is 0.962 bits per heavy atom. The summed E-state index contributed by atoms with van der Waals surface area (Å²) < 4.78 is 23.0. The number of hydrogen-bond donors (Lipinski definition) is 1. The molecule has 0 unspecified atom stereocenters. The van der Waals surface area contributed by atoms with Gasteiger partial charge in [0.1, 0.15) is 0 Å². The summed E-state index contributed by atoms with van der Waals surface area (Å²) in [6.45, 7) is 11.7. The Hall–Kier alpha value is -1.74. The van der Waals surface area contributed by atoms with Crippen LogP contribution in [0, 0.1) is 0 Å². The predicted molar refractivity (Wildman–Crippen MR) is 221 cm³/mol. The molecule has 1 N–H and O–H groups in total. The highest BCUT2D eigenvalue weighted by Gasteiger charge is 2.13. The lowest BCUT2D eigenvalue weighted by atomic mass is 10.1. The Balaban J connectivity index is 3.99. The molecule has 8 heteroatoms. The van der Waals surface area contributed by atoms with E-state index in [1.165, 1.54) is 38.5 Å². The van der Waals surface area contributed by atoms with Crippen LogP contribution in [-0.4, -0.2) is 80.9 Å². The molecule has 0 bridgehead atoms. The van der Waals surface area contributed by atoms with Crippen molar-refractivity contribution in [1.82, 2.24) is 4.90 Å². The second-order valence-corrected chi connectivity index (χ2v) is 14.5. The van der Waals surface area contributed by atoms with Crippen LogP contribution in [0.1, 0.15) is 194 Å². The topological polar surface area (TPSA) is 94.5 Å². The smallest absolute Gasteiger partial charge is 0.305 e. The fraction of sp³-hybridized carbons (Fsp3) is 0.867. The largest absolute Gasteiger partial charge is 0.466 e. The lowest BCUT2D eigenvalue weighted by Crippen LogP contribution is -2.29. The number of aliphatic hydroxyl groups excluding tert-OH is 1. The second-order valence-electron chi connectivity index (χ2n) is 14.5. The van der Waals surface area contributed by atoms with Gasteiger partial charge in [0.2, 0.25) is 0 Å². The van der Waals surface area contributed by atoms with Crippen LogP contribution in [0.4, 0.5) is 0 Å². The molecule has 0 spiro atoms. The number of ether oxygens (including phenoxy) is 4. The van der Waals surface area contributed by atoms with Crippen LogP contribution in [0.2, 0.25) is 0 Å². The van der Waals surface area contributed by atoms with Crippen molar-refractivity contribution in [2.75, 3.05) is 52.7 Å². The van der Waals surface area contributed by atoms with Gasteiger partial charge in [0.25, 0.3) is 0 Å². The van der Waals surface area contributed by atoms with Gasteiger partial charge < -0.3 is 29.0 Å². The molecular formula is C45H85NO7. The normalized spacial score (nSPS) is 11.9. The number of allylic oxidation sites excluding steroid dienone is 4. The van der Waals surface area contributed by atoms with E-state index in [9.17, 15) is 14.7 Å². The molecule has 0 rings (SSSR count). The first-order valence-electron chi connectivity index (χ1n) is 22.2. The minimum absolute atomic E-state index is 0.0534. The minimum atomic E-state index is -0.361. The summed E-state index contributed by atoms with van der Waals surface area (Å²) in [5.74, 6) is -0.233. The minimum Gasteiger partial charge on any atom is -0.466 e. The second kappa shape index (κ2) is 43.0. The maximum absolute atomic E-state index is 12.5. The van der Waals surface area contributed by atoms with Crippen LogP contribution >= 0.6 is 0 Å². The van der Waals surface area contributed by atoms with Crippen LogP contribution in [0.15, 0.2) is 24.3 Å². The molecule has 0 saturated heterocycles. The number of unbranched alkanes of at least 4 members (excludes halogenated alkanes) is 17. The maximum Gasteiger partial charge on any atom is 0.305 e. The summed E-state index contributed by atoms with van der Waals surface area (Å²) in [6.07, 6.45) is 36.4. The molecule has 0 amide bonds. The zero-order valence-corrected chi connectivity index (χ0v) is 35.0. The first kappa shape index (κ1) is 51.3. The van der Waals surface area contributed by atoms with Gasteiger partial charge in [-0.25, -0.2) is 0 Å². The van der Waals surface area contributed by atoms with Crippen molar-refractivity contribution < 1.29 is 33.6 Å². The lowest BCUT2D eigenvalue weighted by molar-refractivity contribution is -0.159. The molecule has 0 aliphatic heterocycles. The highest BCUT2D eigenvalue weighted by molar-refractivity contribution is 5.69. The van der Waals surface area contributed by atoms with Crippen LogP contribution in [0.25, 0.3) is 0 Å². The summed E-state index contributed by atoms with van der Waals surface area (Å²) in [7, 11) is 0. The Morgan fingerprint density at radius 1 is 0.509 bits per heavy atom. The van der Waals surface area contributed by atoms with Crippen molar-refractivity contribution >= 4 is 11.9 Å². The van der Waals surface area contributed by atoms with Crippen LogP contribution < -0.4 is 0 Å². The van der Waals surface area contributed by atoms with E-state index in [-0.39, 0.29) is 24.8 Å². The molecule has 0 aromatic heterocycles. The number of carbonyl (C=O) groups is 2. The van der Waals surface area contributed by atoms with E-state index >= 15 is 0 Å². The van der Waals surface area contributed by atoms with Gasteiger partial charge in [-0.1, -0.05) is 116 Å². The summed E-state index contributed by atoms with van der Waals surface area (Å²) in [5.41, 5.74) is 0. The average Bonchev–Trinajstić information content (AvgIpc) is 3.16. The molecule has 0 aliphatic carbocycles. The van der Waals surface area contributed by atoms with Crippen molar-refractivity contribution in [3.63, 3.8) is 0 Å². The summed E-state index contributed by atoms with van der Waals surface area (Å²) in [5, 5.41) is 9.52. The number of hydrogen-bond acceptors (Lipinski definition) is 8. The van der Waals surface area contributed by atoms with Crippen LogP contribution in [0.5, 0.6) is 0 Å². The van der Waals surface area contributed by atoms with Gasteiger partial charge in [0.15, 0.2) is 6.29 Å². The van der Waals surface area contributed by atoms with Gasteiger partial charge in [0, 0.05) is 32.6 Å². The number of esters is 2. The Kier molecular flexibility index (Phi) is 41.6. The molecule has 312 valence electrons. The quantitative estimate of drug-likeness (QED) is 0.0285. The number of nitrogens with zero attached hydrogens (tertiary/aromatic N) is 1. The first-order valence-corrected chi connectivity index (χ1v) is 22.2. The standard InChI is InChI=1S/C45H85NO7/c1-4-7-10-13-16-17-23-28-39-50-43(48)32-25-18-19-26-35-46(37-38-47)36-27-20-24-29-40-51-44(49)33-34-45(52-41-30-21-14-11-8-5-2)53-42-31-22-15-12-9-6-3/h8-9,11-12,45,47H,4-7,10,13-42H2,1-3H3/b11-8-,12-9-. The molecular weight excluding hydrogens is 666 g/mol. The Bertz CT molecular complexity index is 810. The predicted octanol–water partition coefficient (Wildman–Crippen LogP) is 11.4. The molecule has 0 radical (unpaired) electrons. The maximum atomic E-state index is 12.5. The molecule has 0 saturated carbocycles. The van der Waals surface area contributed by atoms with E-state index in [1.807, 2.05) is 0 Å². The van der Waals surface area contributed by atoms with Gasteiger partial charge in [-0.15, -0.1) is 0 Å². The van der Waals surface area contributed by atoms with E-state index < -0.39 is 0 Å². The van der Waals surface area contributed by atoms with E-state index in [2.05, 4.69) is 50.0 Å². The van der Waals surface area contributed by atoms with Gasteiger partial charge >= 0.3 is 11.9 Å². The molecule has 0 heterocycles. The fourth-order valence-corrected chi connectivity index (χ4v) is 6.16. The van der Waals surface area contributed by atoms with Crippen molar-refractivity contribution in [2.45, 2.75) is 200 Å². The monoisotopic (exact) mass is 752 g/mol. The zero-order valence-electron chi connectivity index (χ0n) is 35.0. The summed E-state index contributed by atoms with van der Waals surface area (Å²) >= 11 is 0. The highest BCUT2D eigenvalue weighted by Crippen LogP contribution is 2.12. The van der Waals surface area contributed by atoms with Gasteiger partial charge in [-0.2, -0.15) is 0 Å². The summed E-state index contributed by atoms with van der Waals surface area (Å²) in [6, 6.07) is 0. The van der Waals surface area contributed by atoms with E-state index in [0.29, 0.717) is 52.2 Å². The zero-order chi connectivity index (χ0) is 38.7.